The Balaban J connectivity index is 1.90. The highest BCUT2D eigenvalue weighted by Crippen LogP contribution is 2.39. The number of amides is 2. The zero-order chi connectivity index (χ0) is 19.1. The molecule has 6 heteroatoms. The van der Waals surface area contributed by atoms with Crippen molar-refractivity contribution < 1.29 is 14.3 Å². The minimum atomic E-state index is -0.297. The maximum absolute atomic E-state index is 12.7. The molecule has 0 bridgehead atoms. The van der Waals surface area contributed by atoms with Gasteiger partial charge in [-0.25, -0.2) is 0 Å². The number of benzene rings is 2. The van der Waals surface area contributed by atoms with Crippen molar-refractivity contribution in [3.8, 4) is 5.75 Å². The molecule has 2 aromatic carbocycles. The second kappa shape index (κ2) is 6.32. The van der Waals surface area contributed by atoms with E-state index in [0.29, 0.717) is 33.9 Å². The van der Waals surface area contributed by atoms with Gasteiger partial charge in [0.05, 0.1) is 29.7 Å². The molecular weight excluding hydrogens is 342 g/mol. The summed E-state index contributed by atoms with van der Waals surface area (Å²) >= 11 is 0. The van der Waals surface area contributed by atoms with Gasteiger partial charge in [-0.2, -0.15) is 0 Å². The minimum Gasteiger partial charge on any atom is -0.496 e. The van der Waals surface area contributed by atoms with Crippen LogP contribution < -0.4 is 20.3 Å². The van der Waals surface area contributed by atoms with Crippen LogP contribution in [-0.2, 0) is 9.59 Å². The third kappa shape index (κ3) is 2.66. The smallest absolute Gasteiger partial charge is 0.258 e. The second-order valence-electron chi connectivity index (χ2n) is 6.55. The third-order valence-corrected chi connectivity index (χ3v) is 4.71. The van der Waals surface area contributed by atoms with Gasteiger partial charge >= 0.3 is 0 Å². The minimum absolute atomic E-state index is 0.297. The van der Waals surface area contributed by atoms with Gasteiger partial charge in [0.1, 0.15) is 5.75 Å². The summed E-state index contributed by atoms with van der Waals surface area (Å²) in [6.07, 6.45) is 0. The zero-order valence-electron chi connectivity index (χ0n) is 15.3. The monoisotopic (exact) mass is 361 g/mol. The molecule has 2 amide bonds. The van der Waals surface area contributed by atoms with Crippen molar-refractivity contribution in [2.75, 3.05) is 26.1 Å². The molecule has 2 heterocycles. The number of ether oxygens (including phenoxy) is 1. The number of methoxy groups -OCH3 is 1. The molecular formula is C21H19N3O3. The molecule has 6 nitrogen and oxygen atoms in total. The van der Waals surface area contributed by atoms with E-state index in [1.165, 1.54) is 0 Å². The highest BCUT2D eigenvalue weighted by atomic mass is 16.5. The van der Waals surface area contributed by atoms with E-state index in [9.17, 15) is 9.59 Å². The van der Waals surface area contributed by atoms with E-state index in [1.807, 2.05) is 61.5 Å². The highest BCUT2D eigenvalue weighted by molar-refractivity contribution is 6.30. The van der Waals surface area contributed by atoms with Crippen LogP contribution >= 0.6 is 0 Å². The van der Waals surface area contributed by atoms with Crippen LogP contribution in [0, 0.1) is 0 Å². The lowest BCUT2D eigenvalue weighted by atomic mass is 10.0. The van der Waals surface area contributed by atoms with Crippen LogP contribution in [0.1, 0.15) is 11.1 Å². The van der Waals surface area contributed by atoms with Crippen LogP contribution in [0.4, 0.5) is 5.69 Å². The van der Waals surface area contributed by atoms with Crippen LogP contribution in [0.25, 0.3) is 11.4 Å². The first-order valence-corrected chi connectivity index (χ1v) is 8.54. The number of rotatable bonds is 4. The zero-order valence-corrected chi connectivity index (χ0v) is 15.3. The van der Waals surface area contributed by atoms with Crippen molar-refractivity contribution in [2.45, 2.75) is 0 Å². The molecule has 0 unspecified atom stereocenters. The van der Waals surface area contributed by atoms with E-state index in [2.05, 4.69) is 10.6 Å². The standard InChI is InChI=1S/C21H19N3O3/c1-24(2)13-8-6-7-12(11-13)18-16-17(21(26)22-18)19(23-20(16)25)14-9-4-5-10-15(14)27-3/h4-11H,1-3H3,(H,22,26)(H,23,25). The fourth-order valence-corrected chi connectivity index (χ4v) is 3.39. The maximum Gasteiger partial charge on any atom is 0.258 e. The molecule has 4 rings (SSSR count). The molecule has 136 valence electrons. The number of nitrogens with zero attached hydrogens (tertiary/aromatic N) is 1. The Morgan fingerprint density at radius 2 is 1.52 bits per heavy atom. The average Bonchev–Trinajstić information content (AvgIpc) is 3.20. The molecule has 0 radical (unpaired) electrons. The van der Waals surface area contributed by atoms with Crippen molar-refractivity contribution in [3.05, 3.63) is 70.8 Å². The topological polar surface area (TPSA) is 70.7 Å². The van der Waals surface area contributed by atoms with E-state index >= 15 is 0 Å². The number of nitrogens with one attached hydrogen (secondary N) is 2. The number of fused-ring (bicyclic) bond motifs is 1. The summed E-state index contributed by atoms with van der Waals surface area (Å²) in [7, 11) is 5.44. The fourth-order valence-electron chi connectivity index (χ4n) is 3.39. The molecule has 2 aliphatic heterocycles. The lowest BCUT2D eigenvalue weighted by Crippen LogP contribution is -2.21. The number of carbonyl (C=O) groups is 2. The molecule has 0 saturated heterocycles. The molecule has 2 N–H and O–H groups in total. The predicted octanol–water partition coefficient (Wildman–Crippen LogP) is 2.14. The molecule has 0 spiro atoms. The average molecular weight is 361 g/mol. The molecule has 0 aliphatic carbocycles. The van der Waals surface area contributed by atoms with Crippen LogP contribution in [0.15, 0.2) is 59.7 Å². The molecule has 0 aromatic heterocycles. The summed E-state index contributed by atoms with van der Waals surface area (Å²) in [5.74, 6) is 0.00132. The summed E-state index contributed by atoms with van der Waals surface area (Å²) in [5, 5.41) is 5.71. The first kappa shape index (κ1) is 16.9. The van der Waals surface area contributed by atoms with Crippen molar-refractivity contribution in [3.63, 3.8) is 0 Å². The van der Waals surface area contributed by atoms with E-state index in [4.69, 9.17) is 4.74 Å². The van der Waals surface area contributed by atoms with Gasteiger partial charge in [-0.1, -0.05) is 24.3 Å². The first-order valence-electron chi connectivity index (χ1n) is 8.54. The van der Waals surface area contributed by atoms with E-state index in [-0.39, 0.29) is 11.8 Å². The SMILES string of the molecule is COc1ccccc1C1=C2C(=O)NC(c3cccc(N(C)C)c3)=C2C(=O)N1. The Bertz CT molecular complexity index is 1030. The van der Waals surface area contributed by atoms with Crippen molar-refractivity contribution in [1.82, 2.24) is 10.6 Å². The number of anilines is 1. The van der Waals surface area contributed by atoms with Gasteiger partial charge in [-0.3, -0.25) is 9.59 Å². The normalized spacial score (nSPS) is 15.7. The van der Waals surface area contributed by atoms with Crippen LogP contribution in [-0.4, -0.2) is 33.0 Å². The van der Waals surface area contributed by atoms with Crippen LogP contribution in [0.5, 0.6) is 5.75 Å². The molecule has 27 heavy (non-hydrogen) atoms. The van der Waals surface area contributed by atoms with Crippen molar-refractivity contribution in [2.24, 2.45) is 0 Å². The summed E-state index contributed by atoms with van der Waals surface area (Å²) in [5.41, 5.74) is 4.18. The molecule has 2 aliphatic rings. The highest BCUT2D eigenvalue weighted by Gasteiger charge is 2.41. The van der Waals surface area contributed by atoms with Crippen LogP contribution in [0.3, 0.4) is 0 Å². The van der Waals surface area contributed by atoms with Gasteiger partial charge in [0, 0.05) is 30.9 Å². The Labute approximate surface area is 157 Å². The van der Waals surface area contributed by atoms with Crippen molar-refractivity contribution in [1.29, 1.82) is 0 Å². The second-order valence-corrected chi connectivity index (χ2v) is 6.55. The van der Waals surface area contributed by atoms with Gasteiger partial charge in [0.2, 0.25) is 0 Å². The quantitative estimate of drug-likeness (QED) is 0.875. The summed E-state index contributed by atoms with van der Waals surface area (Å²) in [6.45, 7) is 0. The van der Waals surface area contributed by atoms with Gasteiger partial charge in [0.25, 0.3) is 11.8 Å². The summed E-state index contributed by atoms with van der Waals surface area (Å²) in [4.78, 5) is 27.4. The maximum atomic E-state index is 12.7. The first-order chi connectivity index (χ1) is 13.0. The molecule has 0 saturated carbocycles. The largest absolute Gasteiger partial charge is 0.496 e. The predicted molar refractivity (Wildman–Crippen MR) is 104 cm³/mol. The van der Waals surface area contributed by atoms with Gasteiger partial charge < -0.3 is 20.3 Å². The molecule has 0 atom stereocenters. The fraction of sp³-hybridized carbons (Fsp3) is 0.143. The third-order valence-electron chi connectivity index (χ3n) is 4.71. The van der Waals surface area contributed by atoms with Crippen LogP contribution in [0.2, 0.25) is 0 Å². The number of para-hydroxylation sites is 1. The van der Waals surface area contributed by atoms with Gasteiger partial charge in [-0.15, -0.1) is 0 Å². The summed E-state index contributed by atoms with van der Waals surface area (Å²) in [6, 6.07) is 15.0. The lowest BCUT2D eigenvalue weighted by Gasteiger charge is -2.14. The number of carbonyl (C=O) groups excluding carboxylic acids is 2. The van der Waals surface area contributed by atoms with Gasteiger partial charge in [0.15, 0.2) is 0 Å². The Hall–Kier alpha value is -3.54. The van der Waals surface area contributed by atoms with Gasteiger partial charge in [-0.05, 0) is 24.3 Å². The van der Waals surface area contributed by atoms with Crippen molar-refractivity contribution >= 4 is 28.9 Å². The Kier molecular flexibility index (Phi) is 3.96. The Morgan fingerprint density at radius 3 is 2.22 bits per heavy atom. The van der Waals surface area contributed by atoms with E-state index < -0.39 is 0 Å². The Morgan fingerprint density at radius 1 is 0.852 bits per heavy atom. The molecule has 0 fully saturated rings. The summed E-state index contributed by atoms with van der Waals surface area (Å²) < 4.78 is 5.39. The lowest BCUT2D eigenvalue weighted by molar-refractivity contribution is -0.117. The number of hydrogen-bond donors (Lipinski definition) is 2. The van der Waals surface area contributed by atoms with E-state index in [1.54, 1.807) is 13.2 Å². The number of hydrogen-bond acceptors (Lipinski definition) is 4. The molecule has 2 aromatic rings. The van der Waals surface area contributed by atoms with E-state index in [0.717, 1.165) is 11.3 Å².